The van der Waals surface area contributed by atoms with Gasteiger partial charge in [-0.05, 0) is 31.0 Å². The summed E-state index contributed by atoms with van der Waals surface area (Å²) in [6.45, 7) is 5.84. The zero-order valence-electron chi connectivity index (χ0n) is 11.9. The number of rotatable bonds is 3. The van der Waals surface area contributed by atoms with Crippen molar-refractivity contribution in [2.75, 3.05) is 30.9 Å². The number of anilines is 1. The SMILES string of the molecule is Cc1c(CS(C)(=O)=O)cc(N2CCOC[C@H]2C)nc1Cl. The fourth-order valence-electron chi connectivity index (χ4n) is 2.26. The van der Waals surface area contributed by atoms with Crippen LogP contribution in [0.4, 0.5) is 5.82 Å². The first-order valence-electron chi connectivity index (χ1n) is 6.46. The Morgan fingerprint density at radius 3 is 2.85 bits per heavy atom. The van der Waals surface area contributed by atoms with E-state index in [0.717, 1.165) is 17.9 Å². The quantitative estimate of drug-likeness (QED) is 0.796. The first kappa shape index (κ1) is 15.5. The molecule has 1 aromatic heterocycles. The van der Waals surface area contributed by atoms with Crippen LogP contribution < -0.4 is 4.90 Å². The minimum absolute atomic E-state index is 0.0210. The molecule has 2 rings (SSSR count). The third kappa shape index (κ3) is 3.62. The summed E-state index contributed by atoms with van der Waals surface area (Å²) in [4.78, 5) is 6.48. The fraction of sp³-hybridized carbons (Fsp3) is 0.615. The van der Waals surface area contributed by atoms with E-state index in [0.29, 0.717) is 23.9 Å². The topological polar surface area (TPSA) is 59.5 Å². The van der Waals surface area contributed by atoms with Crippen molar-refractivity contribution in [2.24, 2.45) is 0 Å². The molecule has 112 valence electrons. The third-order valence-corrected chi connectivity index (χ3v) is 4.59. The summed E-state index contributed by atoms with van der Waals surface area (Å²) in [5.74, 6) is 0.697. The summed E-state index contributed by atoms with van der Waals surface area (Å²) in [5.41, 5.74) is 1.43. The number of pyridine rings is 1. The van der Waals surface area contributed by atoms with Crippen LogP contribution >= 0.6 is 11.6 Å². The third-order valence-electron chi connectivity index (χ3n) is 3.39. The van der Waals surface area contributed by atoms with Gasteiger partial charge in [0.25, 0.3) is 0 Å². The van der Waals surface area contributed by atoms with Crippen LogP contribution in [-0.2, 0) is 20.3 Å². The van der Waals surface area contributed by atoms with Gasteiger partial charge in [0.15, 0.2) is 9.84 Å². The fourth-order valence-corrected chi connectivity index (χ4v) is 3.33. The molecule has 0 spiro atoms. The normalized spacial score (nSPS) is 20.2. The average molecular weight is 319 g/mol. The van der Waals surface area contributed by atoms with Crippen LogP contribution in [0, 0.1) is 6.92 Å². The molecule has 7 heteroatoms. The number of halogens is 1. The van der Waals surface area contributed by atoms with Gasteiger partial charge in [-0.2, -0.15) is 0 Å². The maximum atomic E-state index is 11.5. The Hall–Kier alpha value is -0.850. The lowest BCUT2D eigenvalue weighted by Gasteiger charge is -2.34. The number of ether oxygens (including phenoxy) is 1. The summed E-state index contributed by atoms with van der Waals surface area (Å²) in [5, 5.41) is 0.361. The highest BCUT2D eigenvalue weighted by molar-refractivity contribution is 7.89. The van der Waals surface area contributed by atoms with Crippen LogP contribution in [0.15, 0.2) is 6.07 Å². The van der Waals surface area contributed by atoms with Crippen LogP contribution in [0.1, 0.15) is 18.1 Å². The average Bonchev–Trinajstić information content (AvgIpc) is 2.33. The molecule has 1 saturated heterocycles. The predicted octanol–water partition coefficient (Wildman–Crippen LogP) is 1.81. The molecule has 2 heterocycles. The van der Waals surface area contributed by atoms with Crippen molar-refractivity contribution in [3.05, 3.63) is 22.3 Å². The van der Waals surface area contributed by atoms with Gasteiger partial charge in [-0.15, -0.1) is 0 Å². The van der Waals surface area contributed by atoms with Crippen LogP contribution in [0.25, 0.3) is 0 Å². The highest BCUT2D eigenvalue weighted by Gasteiger charge is 2.22. The molecule has 0 N–H and O–H groups in total. The number of nitrogens with zero attached hydrogens (tertiary/aromatic N) is 2. The van der Waals surface area contributed by atoms with Crippen molar-refractivity contribution in [1.82, 2.24) is 4.98 Å². The first-order valence-corrected chi connectivity index (χ1v) is 8.90. The summed E-state index contributed by atoms with van der Waals surface area (Å²) >= 11 is 6.15. The van der Waals surface area contributed by atoms with Gasteiger partial charge in [-0.25, -0.2) is 13.4 Å². The van der Waals surface area contributed by atoms with E-state index in [1.54, 1.807) is 6.92 Å². The highest BCUT2D eigenvalue weighted by atomic mass is 35.5. The van der Waals surface area contributed by atoms with Gasteiger partial charge in [-0.1, -0.05) is 11.6 Å². The van der Waals surface area contributed by atoms with Gasteiger partial charge >= 0.3 is 0 Å². The van der Waals surface area contributed by atoms with E-state index in [2.05, 4.69) is 9.88 Å². The maximum Gasteiger partial charge on any atom is 0.151 e. The number of morpholine rings is 1. The maximum absolute atomic E-state index is 11.5. The zero-order chi connectivity index (χ0) is 14.9. The Kier molecular flexibility index (Phi) is 4.56. The minimum Gasteiger partial charge on any atom is -0.377 e. The van der Waals surface area contributed by atoms with Crippen LogP contribution in [0.2, 0.25) is 5.15 Å². The van der Waals surface area contributed by atoms with Gasteiger partial charge in [-0.3, -0.25) is 0 Å². The second-order valence-electron chi connectivity index (χ2n) is 5.24. The molecule has 0 amide bonds. The van der Waals surface area contributed by atoms with Crippen LogP contribution in [-0.4, -0.2) is 45.5 Å². The van der Waals surface area contributed by atoms with Gasteiger partial charge in [0, 0.05) is 12.8 Å². The van der Waals surface area contributed by atoms with Crippen molar-refractivity contribution >= 4 is 27.3 Å². The first-order chi connectivity index (χ1) is 9.28. The summed E-state index contributed by atoms with van der Waals surface area (Å²) in [7, 11) is -3.11. The Morgan fingerprint density at radius 1 is 1.55 bits per heavy atom. The van der Waals surface area contributed by atoms with Crippen molar-refractivity contribution in [2.45, 2.75) is 25.6 Å². The van der Waals surface area contributed by atoms with Crippen LogP contribution in [0.3, 0.4) is 0 Å². The van der Waals surface area contributed by atoms with E-state index in [1.165, 1.54) is 6.26 Å². The lowest BCUT2D eigenvalue weighted by molar-refractivity contribution is 0.0985. The molecular formula is C13H19ClN2O3S. The van der Waals surface area contributed by atoms with Gasteiger partial charge < -0.3 is 9.64 Å². The van der Waals surface area contributed by atoms with E-state index in [-0.39, 0.29) is 11.8 Å². The molecule has 20 heavy (non-hydrogen) atoms. The Bertz CT molecular complexity index is 604. The largest absolute Gasteiger partial charge is 0.377 e. The van der Waals surface area contributed by atoms with Crippen molar-refractivity contribution in [3.63, 3.8) is 0 Å². The summed E-state index contributed by atoms with van der Waals surface area (Å²) in [6.07, 6.45) is 1.22. The molecule has 1 aliphatic heterocycles. The lowest BCUT2D eigenvalue weighted by Crippen LogP contribution is -2.44. The molecular weight excluding hydrogens is 300 g/mol. The molecule has 0 unspecified atom stereocenters. The number of sulfone groups is 1. The molecule has 1 atom stereocenters. The molecule has 1 aromatic rings. The van der Waals surface area contributed by atoms with Crippen molar-refractivity contribution in [3.8, 4) is 0 Å². The minimum atomic E-state index is -3.11. The summed E-state index contributed by atoms with van der Waals surface area (Å²) < 4.78 is 28.4. The summed E-state index contributed by atoms with van der Waals surface area (Å²) in [6, 6.07) is 2.02. The smallest absolute Gasteiger partial charge is 0.151 e. The van der Waals surface area contributed by atoms with E-state index in [1.807, 2.05) is 13.0 Å². The highest BCUT2D eigenvalue weighted by Crippen LogP contribution is 2.26. The molecule has 0 radical (unpaired) electrons. The predicted molar refractivity (Wildman–Crippen MR) is 80.2 cm³/mol. The van der Waals surface area contributed by atoms with E-state index in [9.17, 15) is 8.42 Å². The Morgan fingerprint density at radius 2 is 2.25 bits per heavy atom. The second-order valence-corrected chi connectivity index (χ2v) is 7.74. The number of hydrogen-bond acceptors (Lipinski definition) is 5. The van der Waals surface area contributed by atoms with Crippen molar-refractivity contribution in [1.29, 1.82) is 0 Å². The number of hydrogen-bond donors (Lipinski definition) is 0. The molecule has 0 bridgehead atoms. The monoisotopic (exact) mass is 318 g/mol. The molecule has 5 nitrogen and oxygen atoms in total. The van der Waals surface area contributed by atoms with E-state index in [4.69, 9.17) is 16.3 Å². The van der Waals surface area contributed by atoms with Gasteiger partial charge in [0.2, 0.25) is 0 Å². The Balaban J connectivity index is 2.39. The molecule has 0 aliphatic carbocycles. The second kappa shape index (κ2) is 5.87. The number of aromatic nitrogens is 1. The molecule has 0 saturated carbocycles. The zero-order valence-corrected chi connectivity index (χ0v) is 13.5. The molecule has 1 aliphatic rings. The van der Waals surface area contributed by atoms with E-state index < -0.39 is 9.84 Å². The van der Waals surface area contributed by atoms with E-state index >= 15 is 0 Å². The van der Waals surface area contributed by atoms with Gasteiger partial charge in [0.1, 0.15) is 11.0 Å². The lowest BCUT2D eigenvalue weighted by atomic mass is 10.1. The van der Waals surface area contributed by atoms with Crippen LogP contribution in [0.5, 0.6) is 0 Å². The molecule has 1 fully saturated rings. The standard InChI is InChI=1S/C13H19ClN2O3S/c1-9-7-19-5-4-16(9)12-6-11(8-20(3,17)18)10(2)13(14)15-12/h6,9H,4-5,7-8H2,1-3H3/t9-/m1/s1. The Labute approximate surface area is 124 Å². The van der Waals surface area contributed by atoms with Gasteiger partial charge in [0.05, 0.1) is 25.0 Å². The van der Waals surface area contributed by atoms with Crippen molar-refractivity contribution < 1.29 is 13.2 Å². The molecule has 0 aromatic carbocycles.